The van der Waals surface area contributed by atoms with Gasteiger partial charge < -0.3 is 10.6 Å². The van der Waals surface area contributed by atoms with Crippen LogP contribution in [-0.4, -0.2) is 19.0 Å². The van der Waals surface area contributed by atoms with E-state index in [4.69, 9.17) is 0 Å². The van der Waals surface area contributed by atoms with Crippen LogP contribution in [0.15, 0.2) is 24.3 Å². The van der Waals surface area contributed by atoms with Gasteiger partial charge in [-0.3, -0.25) is 4.79 Å². The minimum Gasteiger partial charge on any atom is -0.384 e. The molecule has 3 rings (SSSR count). The van der Waals surface area contributed by atoms with Crippen LogP contribution in [0.5, 0.6) is 0 Å². The summed E-state index contributed by atoms with van der Waals surface area (Å²) in [5.74, 6) is 1.04. The molecule has 1 aliphatic carbocycles. The lowest BCUT2D eigenvalue weighted by Gasteiger charge is -2.10. The van der Waals surface area contributed by atoms with E-state index in [1.807, 2.05) is 24.3 Å². The molecule has 1 heterocycles. The van der Waals surface area contributed by atoms with E-state index in [-0.39, 0.29) is 11.8 Å². The zero-order valence-corrected chi connectivity index (χ0v) is 9.91. The van der Waals surface area contributed by atoms with Crippen molar-refractivity contribution in [3.63, 3.8) is 0 Å². The number of amides is 1. The molecule has 17 heavy (non-hydrogen) atoms. The highest BCUT2D eigenvalue weighted by atomic mass is 16.1. The van der Waals surface area contributed by atoms with E-state index in [0.717, 1.165) is 36.7 Å². The van der Waals surface area contributed by atoms with Gasteiger partial charge in [-0.15, -0.1) is 0 Å². The summed E-state index contributed by atoms with van der Waals surface area (Å²) in [6.45, 7) is 1.57. The standard InChI is InChI=1S/C14H18N2O/c17-14(15-8-7-10-5-6-10)12-9-16-13-4-2-1-3-11(12)13/h1-4,10,12,16H,5-9H2,(H,15,17). The van der Waals surface area contributed by atoms with Gasteiger partial charge in [-0.25, -0.2) is 0 Å². The van der Waals surface area contributed by atoms with Gasteiger partial charge in [0.1, 0.15) is 0 Å². The van der Waals surface area contributed by atoms with E-state index in [0.29, 0.717) is 0 Å². The Balaban J connectivity index is 1.58. The summed E-state index contributed by atoms with van der Waals surface area (Å²) in [5, 5.41) is 6.34. The highest BCUT2D eigenvalue weighted by Crippen LogP contribution is 2.32. The molecule has 90 valence electrons. The van der Waals surface area contributed by atoms with Gasteiger partial charge >= 0.3 is 0 Å². The molecular formula is C14H18N2O. The number of fused-ring (bicyclic) bond motifs is 1. The molecule has 2 aliphatic rings. The first-order valence-corrected chi connectivity index (χ1v) is 6.45. The highest BCUT2D eigenvalue weighted by Gasteiger charge is 2.28. The summed E-state index contributed by atoms with van der Waals surface area (Å²) in [7, 11) is 0. The van der Waals surface area contributed by atoms with Gasteiger partial charge in [0.15, 0.2) is 0 Å². The molecule has 1 amide bonds. The smallest absolute Gasteiger partial charge is 0.229 e. The van der Waals surface area contributed by atoms with Crippen molar-refractivity contribution >= 4 is 11.6 Å². The molecule has 1 atom stereocenters. The van der Waals surface area contributed by atoms with Crippen LogP contribution < -0.4 is 10.6 Å². The second kappa shape index (κ2) is 4.40. The van der Waals surface area contributed by atoms with Crippen molar-refractivity contribution in [1.29, 1.82) is 0 Å². The van der Waals surface area contributed by atoms with Crippen LogP contribution in [0, 0.1) is 5.92 Å². The molecule has 1 aromatic carbocycles. The third-order valence-corrected chi connectivity index (χ3v) is 3.70. The number of benzene rings is 1. The van der Waals surface area contributed by atoms with E-state index in [1.54, 1.807) is 0 Å². The van der Waals surface area contributed by atoms with Crippen LogP contribution in [0.1, 0.15) is 30.7 Å². The molecule has 0 radical (unpaired) electrons. The summed E-state index contributed by atoms with van der Waals surface area (Å²) in [6, 6.07) is 8.07. The van der Waals surface area contributed by atoms with Crippen molar-refractivity contribution in [3.05, 3.63) is 29.8 Å². The zero-order valence-electron chi connectivity index (χ0n) is 9.91. The van der Waals surface area contributed by atoms with E-state index in [2.05, 4.69) is 10.6 Å². The van der Waals surface area contributed by atoms with Gasteiger partial charge in [0.2, 0.25) is 5.91 Å². The molecule has 0 aromatic heterocycles. The monoisotopic (exact) mass is 230 g/mol. The Morgan fingerprint density at radius 3 is 3.00 bits per heavy atom. The molecule has 1 aliphatic heterocycles. The van der Waals surface area contributed by atoms with Crippen molar-refractivity contribution in [2.24, 2.45) is 5.92 Å². The highest BCUT2D eigenvalue weighted by molar-refractivity contribution is 5.88. The summed E-state index contributed by atoms with van der Waals surface area (Å²) in [4.78, 5) is 12.1. The van der Waals surface area contributed by atoms with E-state index in [9.17, 15) is 4.79 Å². The molecule has 1 saturated carbocycles. The van der Waals surface area contributed by atoms with E-state index < -0.39 is 0 Å². The summed E-state index contributed by atoms with van der Waals surface area (Å²) >= 11 is 0. The Morgan fingerprint density at radius 2 is 2.18 bits per heavy atom. The Bertz CT molecular complexity index is 426. The fraction of sp³-hybridized carbons (Fsp3) is 0.500. The van der Waals surface area contributed by atoms with Gasteiger partial charge in [0.25, 0.3) is 0 Å². The first-order valence-electron chi connectivity index (χ1n) is 6.45. The lowest BCUT2D eigenvalue weighted by Crippen LogP contribution is -2.31. The second-order valence-electron chi connectivity index (χ2n) is 5.04. The van der Waals surface area contributed by atoms with Gasteiger partial charge in [0.05, 0.1) is 5.92 Å². The number of anilines is 1. The lowest BCUT2D eigenvalue weighted by atomic mass is 10.0. The maximum atomic E-state index is 12.1. The predicted octanol–water partition coefficient (Wildman–Crippen LogP) is 2.11. The third-order valence-electron chi connectivity index (χ3n) is 3.70. The number of para-hydroxylation sites is 1. The summed E-state index contributed by atoms with van der Waals surface area (Å²) < 4.78 is 0. The fourth-order valence-electron chi connectivity index (χ4n) is 2.45. The Hall–Kier alpha value is -1.51. The van der Waals surface area contributed by atoms with Crippen LogP contribution >= 0.6 is 0 Å². The Morgan fingerprint density at radius 1 is 1.35 bits per heavy atom. The largest absolute Gasteiger partial charge is 0.384 e. The average molecular weight is 230 g/mol. The SMILES string of the molecule is O=C(NCCC1CC1)C1CNc2ccccc21. The molecule has 3 heteroatoms. The van der Waals surface area contributed by atoms with Gasteiger partial charge in [0, 0.05) is 18.8 Å². The molecule has 1 aromatic rings. The normalized spacial score (nSPS) is 21.8. The number of carbonyl (C=O) groups is 1. The first kappa shape index (κ1) is 10.6. The maximum absolute atomic E-state index is 12.1. The quantitative estimate of drug-likeness (QED) is 0.831. The molecule has 3 nitrogen and oxygen atoms in total. The third kappa shape index (κ3) is 2.28. The lowest BCUT2D eigenvalue weighted by molar-refractivity contribution is -0.122. The average Bonchev–Trinajstić information content (AvgIpc) is 3.07. The van der Waals surface area contributed by atoms with Crippen molar-refractivity contribution in [2.75, 3.05) is 18.4 Å². The maximum Gasteiger partial charge on any atom is 0.229 e. The molecule has 0 saturated heterocycles. The Labute approximate surface area is 102 Å². The fourth-order valence-corrected chi connectivity index (χ4v) is 2.45. The number of carbonyl (C=O) groups excluding carboxylic acids is 1. The topological polar surface area (TPSA) is 41.1 Å². The number of nitrogens with one attached hydrogen (secondary N) is 2. The van der Waals surface area contributed by atoms with Crippen molar-refractivity contribution < 1.29 is 4.79 Å². The first-order chi connectivity index (χ1) is 8.34. The second-order valence-corrected chi connectivity index (χ2v) is 5.04. The minimum absolute atomic E-state index is 0.00889. The minimum atomic E-state index is -0.00889. The molecule has 0 bridgehead atoms. The van der Waals surface area contributed by atoms with Crippen LogP contribution in [0.2, 0.25) is 0 Å². The van der Waals surface area contributed by atoms with Crippen LogP contribution in [0.4, 0.5) is 5.69 Å². The predicted molar refractivity (Wildman–Crippen MR) is 68.0 cm³/mol. The number of rotatable bonds is 4. The number of hydrogen-bond acceptors (Lipinski definition) is 2. The summed E-state index contributed by atoms with van der Waals surface area (Å²) in [5.41, 5.74) is 2.24. The van der Waals surface area contributed by atoms with Gasteiger partial charge in [-0.2, -0.15) is 0 Å². The van der Waals surface area contributed by atoms with Crippen molar-refractivity contribution in [2.45, 2.75) is 25.2 Å². The number of hydrogen-bond donors (Lipinski definition) is 2. The molecule has 1 fully saturated rings. The molecule has 1 unspecified atom stereocenters. The van der Waals surface area contributed by atoms with Crippen molar-refractivity contribution in [1.82, 2.24) is 5.32 Å². The van der Waals surface area contributed by atoms with E-state index >= 15 is 0 Å². The molecule has 0 spiro atoms. The Kier molecular flexibility index (Phi) is 2.75. The van der Waals surface area contributed by atoms with Crippen LogP contribution in [0.25, 0.3) is 0 Å². The molecule has 2 N–H and O–H groups in total. The van der Waals surface area contributed by atoms with Crippen LogP contribution in [-0.2, 0) is 4.79 Å². The van der Waals surface area contributed by atoms with Crippen LogP contribution in [0.3, 0.4) is 0 Å². The van der Waals surface area contributed by atoms with Gasteiger partial charge in [-0.05, 0) is 24.0 Å². The van der Waals surface area contributed by atoms with E-state index in [1.165, 1.54) is 12.8 Å². The summed E-state index contributed by atoms with van der Waals surface area (Å²) in [6.07, 6.45) is 3.85. The van der Waals surface area contributed by atoms with Gasteiger partial charge in [-0.1, -0.05) is 31.0 Å². The van der Waals surface area contributed by atoms with Crippen molar-refractivity contribution in [3.8, 4) is 0 Å². The zero-order chi connectivity index (χ0) is 11.7. The molecular weight excluding hydrogens is 212 g/mol.